The molecule has 0 N–H and O–H groups in total. The molecule has 2 nitrogen and oxygen atoms in total. The topological polar surface area (TPSA) is 16.4 Å². The molecule has 1 unspecified atom stereocenters. The summed E-state index contributed by atoms with van der Waals surface area (Å²) in [4.78, 5) is 2.34. The van der Waals surface area contributed by atoms with Crippen molar-refractivity contribution in [3.63, 3.8) is 0 Å². The minimum Gasteiger partial charge on any atom is -0.460 e. The minimum atomic E-state index is 0.283. The average molecular weight is 298 g/mol. The third kappa shape index (κ3) is 2.25. The predicted octanol–water partition coefficient (Wildman–Crippen LogP) is 4.66. The van der Waals surface area contributed by atoms with Crippen molar-refractivity contribution in [2.45, 2.75) is 12.5 Å². The van der Waals surface area contributed by atoms with Crippen LogP contribution in [0.1, 0.15) is 22.8 Å². The van der Waals surface area contributed by atoms with E-state index in [1.807, 2.05) is 18.2 Å². The fraction of sp³-hybridized carbons (Fsp3) is 0.222. The van der Waals surface area contributed by atoms with Crippen molar-refractivity contribution in [1.29, 1.82) is 0 Å². The lowest BCUT2D eigenvalue weighted by Gasteiger charge is -2.31. The normalized spacial score (nSPS) is 18.9. The Hall–Kier alpha value is -1.77. The molecule has 0 spiro atoms. The van der Waals surface area contributed by atoms with Gasteiger partial charge in [0.1, 0.15) is 11.3 Å². The molecule has 1 aliphatic rings. The quantitative estimate of drug-likeness (QED) is 0.649. The van der Waals surface area contributed by atoms with Crippen LogP contribution in [0.15, 0.2) is 52.9 Å². The zero-order valence-electron chi connectivity index (χ0n) is 11.8. The van der Waals surface area contributed by atoms with E-state index < -0.39 is 0 Å². The third-order valence-corrected chi connectivity index (χ3v) is 4.44. The average Bonchev–Trinajstić information content (AvgIpc) is 2.89. The van der Waals surface area contributed by atoms with E-state index in [9.17, 15) is 0 Å². The number of hydrogen-bond acceptors (Lipinski definition) is 2. The first kappa shape index (κ1) is 12.9. The maximum Gasteiger partial charge on any atom is 0.134 e. The van der Waals surface area contributed by atoms with Gasteiger partial charge in [-0.05, 0) is 42.4 Å². The number of nitrogens with zero attached hydrogens (tertiary/aromatic N) is 1. The van der Waals surface area contributed by atoms with Gasteiger partial charge in [0.05, 0.1) is 5.92 Å². The molecular formula is C18H16ClNO. The van der Waals surface area contributed by atoms with Crippen molar-refractivity contribution in [2.75, 3.05) is 13.6 Å². The summed E-state index contributed by atoms with van der Waals surface area (Å²) in [7, 11) is 2.16. The number of hydrogen-bond donors (Lipinski definition) is 0. The Morgan fingerprint density at radius 3 is 2.90 bits per heavy atom. The van der Waals surface area contributed by atoms with Gasteiger partial charge in [0.2, 0.25) is 0 Å². The van der Waals surface area contributed by atoms with Gasteiger partial charge in [-0.25, -0.2) is 0 Å². The molecule has 0 radical (unpaired) electrons. The Labute approximate surface area is 128 Å². The van der Waals surface area contributed by atoms with Gasteiger partial charge < -0.3 is 9.32 Å². The van der Waals surface area contributed by atoms with E-state index in [0.29, 0.717) is 0 Å². The maximum atomic E-state index is 6.08. The van der Waals surface area contributed by atoms with E-state index in [0.717, 1.165) is 34.8 Å². The second-order valence-corrected chi connectivity index (χ2v) is 6.22. The lowest BCUT2D eigenvalue weighted by Crippen LogP contribution is -2.30. The maximum absolute atomic E-state index is 6.08. The standard InChI is InChI=1S/C18H16ClNO/c1-20-10-12-4-2-3-5-15(12)16(11-20)18-9-13-8-14(19)6-7-17(13)21-18/h2-9,16H,10-11H2,1H3. The molecule has 2 aromatic carbocycles. The van der Waals surface area contributed by atoms with Gasteiger partial charge in [-0.2, -0.15) is 0 Å². The van der Waals surface area contributed by atoms with E-state index >= 15 is 0 Å². The largest absolute Gasteiger partial charge is 0.460 e. The SMILES string of the molecule is CN1Cc2ccccc2C(c2cc3cc(Cl)ccc3o2)C1. The predicted molar refractivity (Wildman–Crippen MR) is 85.8 cm³/mol. The van der Waals surface area contributed by atoms with Crippen molar-refractivity contribution >= 4 is 22.6 Å². The van der Waals surface area contributed by atoms with E-state index in [2.05, 4.69) is 42.3 Å². The van der Waals surface area contributed by atoms with Gasteiger partial charge in [0, 0.05) is 23.5 Å². The summed E-state index contributed by atoms with van der Waals surface area (Å²) >= 11 is 6.07. The molecule has 106 valence electrons. The molecule has 3 heteroatoms. The van der Waals surface area contributed by atoms with Crippen LogP contribution in [0.4, 0.5) is 0 Å². The fourth-order valence-corrected chi connectivity index (χ4v) is 3.41. The number of halogens is 1. The van der Waals surface area contributed by atoms with Crippen LogP contribution < -0.4 is 0 Å². The Kier molecular flexibility index (Phi) is 3.02. The zero-order chi connectivity index (χ0) is 14.4. The molecule has 0 saturated heterocycles. The Bertz CT molecular complexity index is 808. The smallest absolute Gasteiger partial charge is 0.134 e. The van der Waals surface area contributed by atoms with E-state index in [-0.39, 0.29) is 5.92 Å². The lowest BCUT2D eigenvalue weighted by atomic mass is 9.88. The highest BCUT2D eigenvalue weighted by Crippen LogP contribution is 2.36. The van der Waals surface area contributed by atoms with Crippen LogP contribution in [-0.4, -0.2) is 18.5 Å². The van der Waals surface area contributed by atoms with Gasteiger partial charge in [-0.3, -0.25) is 0 Å². The van der Waals surface area contributed by atoms with Crippen LogP contribution in [-0.2, 0) is 6.54 Å². The van der Waals surface area contributed by atoms with Crippen LogP contribution in [0.3, 0.4) is 0 Å². The summed E-state index contributed by atoms with van der Waals surface area (Å²) in [5.41, 5.74) is 3.66. The minimum absolute atomic E-state index is 0.283. The number of rotatable bonds is 1. The van der Waals surface area contributed by atoms with Gasteiger partial charge in [0.25, 0.3) is 0 Å². The van der Waals surface area contributed by atoms with Crippen LogP contribution in [0, 0.1) is 0 Å². The first-order valence-electron chi connectivity index (χ1n) is 7.16. The fourth-order valence-electron chi connectivity index (χ4n) is 3.23. The highest BCUT2D eigenvalue weighted by molar-refractivity contribution is 6.31. The lowest BCUT2D eigenvalue weighted by molar-refractivity contribution is 0.282. The monoisotopic (exact) mass is 297 g/mol. The number of fused-ring (bicyclic) bond motifs is 2. The van der Waals surface area contributed by atoms with Crippen molar-refractivity contribution in [3.8, 4) is 0 Å². The molecule has 0 saturated carbocycles. The van der Waals surface area contributed by atoms with Gasteiger partial charge in [-0.1, -0.05) is 35.9 Å². The summed E-state index contributed by atoms with van der Waals surface area (Å²) in [6.45, 7) is 1.98. The molecule has 0 amide bonds. The van der Waals surface area contributed by atoms with Crippen molar-refractivity contribution in [3.05, 3.63) is 70.4 Å². The van der Waals surface area contributed by atoms with Gasteiger partial charge in [0.15, 0.2) is 0 Å². The first-order valence-corrected chi connectivity index (χ1v) is 7.54. The number of furan rings is 1. The number of likely N-dealkylation sites (N-methyl/N-ethyl adjacent to an activating group) is 1. The van der Waals surface area contributed by atoms with Crippen molar-refractivity contribution in [1.82, 2.24) is 4.90 Å². The first-order chi connectivity index (χ1) is 10.2. The zero-order valence-corrected chi connectivity index (χ0v) is 12.6. The highest BCUT2D eigenvalue weighted by Gasteiger charge is 2.27. The molecule has 1 aliphatic heterocycles. The number of benzene rings is 2. The molecule has 2 heterocycles. The summed E-state index contributed by atoms with van der Waals surface area (Å²) in [6.07, 6.45) is 0. The van der Waals surface area contributed by atoms with Crippen molar-refractivity contribution < 1.29 is 4.42 Å². The van der Waals surface area contributed by atoms with E-state index in [4.69, 9.17) is 16.0 Å². The molecule has 0 fully saturated rings. The van der Waals surface area contributed by atoms with Crippen molar-refractivity contribution in [2.24, 2.45) is 0 Å². The van der Waals surface area contributed by atoms with E-state index in [1.165, 1.54) is 11.1 Å². The van der Waals surface area contributed by atoms with Crippen LogP contribution in [0.25, 0.3) is 11.0 Å². The van der Waals surface area contributed by atoms with E-state index in [1.54, 1.807) is 0 Å². The second-order valence-electron chi connectivity index (χ2n) is 5.78. The second kappa shape index (κ2) is 4.90. The summed E-state index contributed by atoms with van der Waals surface area (Å²) in [5, 5.41) is 1.82. The Morgan fingerprint density at radius 2 is 2.00 bits per heavy atom. The van der Waals surface area contributed by atoms with Crippen LogP contribution in [0.2, 0.25) is 5.02 Å². The molecule has 1 aromatic heterocycles. The van der Waals surface area contributed by atoms with Crippen LogP contribution in [0.5, 0.6) is 0 Å². The molecule has 1 atom stereocenters. The Balaban J connectivity index is 1.84. The van der Waals surface area contributed by atoms with Gasteiger partial charge in [-0.15, -0.1) is 0 Å². The molecule has 0 aliphatic carbocycles. The molecule has 0 bridgehead atoms. The molecular weight excluding hydrogens is 282 g/mol. The Morgan fingerprint density at radius 1 is 1.14 bits per heavy atom. The summed E-state index contributed by atoms with van der Waals surface area (Å²) < 4.78 is 6.08. The summed E-state index contributed by atoms with van der Waals surface area (Å²) in [5.74, 6) is 1.30. The van der Waals surface area contributed by atoms with Crippen LogP contribution >= 0.6 is 11.6 Å². The highest BCUT2D eigenvalue weighted by atomic mass is 35.5. The third-order valence-electron chi connectivity index (χ3n) is 4.21. The summed E-state index contributed by atoms with van der Waals surface area (Å²) in [6, 6.07) is 16.5. The molecule has 3 aromatic rings. The van der Waals surface area contributed by atoms with Gasteiger partial charge >= 0.3 is 0 Å². The molecule has 4 rings (SSSR count). The molecule has 21 heavy (non-hydrogen) atoms.